The highest BCUT2D eigenvalue weighted by atomic mass is 127. The van der Waals surface area contributed by atoms with Crippen LogP contribution in [-0.2, 0) is 16.2 Å². The van der Waals surface area contributed by atoms with E-state index in [-0.39, 0.29) is 10.7 Å². The average molecular weight is 689 g/mol. The minimum Gasteiger partial charge on any atom is -0.490 e. The van der Waals surface area contributed by atoms with Gasteiger partial charge in [-0.15, -0.1) is 0 Å². The molecule has 5 rings (SSSR count). The molecule has 1 saturated heterocycles. The van der Waals surface area contributed by atoms with Crippen molar-refractivity contribution in [1.82, 2.24) is 0 Å². The number of rotatable bonds is 8. The molecule has 4 aromatic carbocycles. The largest absolute Gasteiger partial charge is 0.490 e. The number of amides is 2. The Hall–Kier alpha value is -4.02. The SMILES string of the molecule is CCOc1cc(C=C2C(=O)N(c3ccc(C)cc3)C(=S)N(c3ccc(C)cc3)C2=O)cc(I)c1OCc1ccccc1. The fraction of sp³-hybridized carbons (Fsp3) is 0.147. The molecule has 1 aliphatic rings. The number of nitrogens with zero attached hydrogens (tertiary/aromatic N) is 2. The minimum atomic E-state index is -0.491. The predicted octanol–water partition coefficient (Wildman–Crippen LogP) is 7.63. The summed E-state index contributed by atoms with van der Waals surface area (Å²) in [5.41, 5.74) is 4.91. The Bertz CT molecular complexity index is 1600. The number of aryl methyl sites for hydroxylation is 2. The minimum absolute atomic E-state index is 0.0130. The first-order valence-electron chi connectivity index (χ1n) is 13.5. The first-order valence-corrected chi connectivity index (χ1v) is 15.0. The van der Waals surface area contributed by atoms with Crippen molar-refractivity contribution < 1.29 is 19.1 Å². The third-order valence-corrected chi connectivity index (χ3v) is 7.87. The molecule has 8 heteroatoms. The van der Waals surface area contributed by atoms with Gasteiger partial charge in [0.15, 0.2) is 16.6 Å². The lowest BCUT2D eigenvalue weighted by molar-refractivity contribution is -0.120. The summed E-state index contributed by atoms with van der Waals surface area (Å²) < 4.78 is 12.9. The fourth-order valence-corrected chi connectivity index (χ4v) is 5.70. The van der Waals surface area contributed by atoms with Crippen LogP contribution in [-0.4, -0.2) is 23.5 Å². The van der Waals surface area contributed by atoms with Gasteiger partial charge in [0.05, 0.1) is 21.6 Å². The van der Waals surface area contributed by atoms with E-state index in [0.717, 1.165) is 20.3 Å². The number of anilines is 2. The van der Waals surface area contributed by atoms with Crippen LogP contribution in [0.4, 0.5) is 11.4 Å². The molecule has 0 saturated carbocycles. The number of thiocarbonyl (C=S) groups is 1. The molecular formula is C34H29IN2O4S. The second-order valence-electron chi connectivity index (χ2n) is 9.83. The fourth-order valence-electron chi connectivity index (χ4n) is 4.54. The van der Waals surface area contributed by atoms with E-state index in [1.807, 2.05) is 106 Å². The van der Waals surface area contributed by atoms with Gasteiger partial charge in [0, 0.05) is 0 Å². The maximum Gasteiger partial charge on any atom is 0.270 e. The van der Waals surface area contributed by atoms with E-state index in [1.165, 1.54) is 9.80 Å². The summed E-state index contributed by atoms with van der Waals surface area (Å²) in [6.07, 6.45) is 1.60. The van der Waals surface area contributed by atoms with Gasteiger partial charge in [-0.1, -0.05) is 65.7 Å². The smallest absolute Gasteiger partial charge is 0.270 e. The van der Waals surface area contributed by atoms with Crippen molar-refractivity contribution in [2.45, 2.75) is 27.4 Å². The molecule has 212 valence electrons. The predicted molar refractivity (Wildman–Crippen MR) is 179 cm³/mol. The van der Waals surface area contributed by atoms with E-state index in [4.69, 9.17) is 21.7 Å². The van der Waals surface area contributed by atoms with Gasteiger partial charge in [-0.25, -0.2) is 0 Å². The summed E-state index contributed by atoms with van der Waals surface area (Å²) in [6.45, 7) is 6.64. The van der Waals surface area contributed by atoms with Crippen LogP contribution in [0.3, 0.4) is 0 Å². The van der Waals surface area contributed by atoms with Gasteiger partial charge in [-0.05, 0) is 109 Å². The lowest BCUT2D eigenvalue weighted by Crippen LogP contribution is -2.56. The number of benzene rings is 4. The van der Waals surface area contributed by atoms with Crippen LogP contribution in [0.15, 0.2) is 96.6 Å². The second-order valence-corrected chi connectivity index (χ2v) is 11.4. The third-order valence-electron chi connectivity index (χ3n) is 6.70. The number of hydrogen-bond donors (Lipinski definition) is 0. The maximum atomic E-state index is 14.0. The summed E-state index contributed by atoms with van der Waals surface area (Å²) in [7, 11) is 0. The van der Waals surface area contributed by atoms with Crippen LogP contribution in [0, 0.1) is 17.4 Å². The van der Waals surface area contributed by atoms with E-state index in [9.17, 15) is 9.59 Å². The molecule has 0 bridgehead atoms. The Morgan fingerprint density at radius 3 is 1.86 bits per heavy atom. The number of halogens is 1. The zero-order valence-electron chi connectivity index (χ0n) is 23.5. The number of carbonyl (C=O) groups excluding carboxylic acids is 2. The summed E-state index contributed by atoms with van der Waals surface area (Å²) in [4.78, 5) is 30.7. The molecule has 4 aromatic rings. The van der Waals surface area contributed by atoms with Crippen molar-refractivity contribution in [2.24, 2.45) is 0 Å². The molecule has 0 aliphatic carbocycles. The zero-order chi connectivity index (χ0) is 29.8. The standard InChI is InChI=1S/C34H29IN2O4S/c1-4-40-30-20-25(19-29(35)31(30)41-21-24-8-6-5-7-9-24)18-28-32(38)36(26-14-10-22(2)11-15-26)34(42)37(33(28)39)27-16-12-23(3)13-17-27/h5-20H,4,21H2,1-3H3. The van der Waals surface area contributed by atoms with Crippen LogP contribution >= 0.6 is 34.8 Å². The van der Waals surface area contributed by atoms with E-state index in [1.54, 1.807) is 12.1 Å². The van der Waals surface area contributed by atoms with Gasteiger partial charge in [0.2, 0.25) is 0 Å². The Morgan fingerprint density at radius 1 is 0.786 bits per heavy atom. The van der Waals surface area contributed by atoms with Crippen molar-refractivity contribution in [2.75, 3.05) is 16.4 Å². The normalized spacial score (nSPS) is 13.4. The number of ether oxygens (including phenoxy) is 2. The molecule has 1 aliphatic heterocycles. The molecule has 0 unspecified atom stereocenters. The Morgan fingerprint density at radius 2 is 1.33 bits per heavy atom. The molecular weight excluding hydrogens is 659 g/mol. The van der Waals surface area contributed by atoms with Crippen LogP contribution in [0.1, 0.15) is 29.2 Å². The molecule has 1 heterocycles. The maximum absolute atomic E-state index is 14.0. The van der Waals surface area contributed by atoms with Crippen LogP contribution in [0.5, 0.6) is 11.5 Å². The van der Waals surface area contributed by atoms with Crippen molar-refractivity contribution in [3.05, 3.63) is 122 Å². The summed E-state index contributed by atoms with van der Waals surface area (Å²) in [6, 6.07) is 28.5. The van der Waals surface area contributed by atoms with E-state index < -0.39 is 11.8 Å². The molecule has 0 spiro atoms. The van der Waals surface area contributed by atoms with Gasteiger partial charge in [0.1, 0.15) is 12.2 Å². The molecule has 2 amide bonds. The monoisotopic (exact) mass is 688 g/mol. The van der Waals surface area contributed by atoms with Crippen molar-refractivity contribution >= 4 is 69.2 Å². The zero-order valence-corrected chi connectivity index (χ0v) is 26.4. The highest BCUT2D eigenvalue weighted by Gasteiger charge is 2.41. The quantitative estimate of drug-likeness (QED) is 0.0825. The summed E-state index contributed by atoms with van der Waals surface area (Å²) in [5.74, 6) is 0.154. The summed E-state index contributed by atoms with van der Waals surface area (Å²) in [5, 5.41) is 0.101. The van der Waals surface area contributed by atoms with Crippen molar-refractivity contribution in [3.8, 4) is 11.5 Å². The first kappa shape index (κ1) is 29.5. The van der Waals surface area contributed by atoms with Gasteiger partial charge in [-0.3, -0.25) is 19.4 Å². The third kappa shape index (κ3) is 6.24. The second kappa shape index (κ2) is 12.9. The van der Waals surface area contributed by atoms with Gasteiger partial charge in [0.25, 0.3) is 11.8 Å². The van der Waals surface area contributed by atoms with E-state index >= 15 is 0 Å². The molecule has 1 fully saturated rings. The van der Waals surface area contributed by atoms with Crippen molar-refractivity contribution in [1.29, 1.82) is 0 Å². The van der Waals surface area contributed by atoms with E-state index in [2.05, 4.69) is 22.6 Å². The van der Waals surface area contributed by atoms with Gasteiger partial charge < -0.3 is 9.47 Å². The lowest BCUT2D eigenvalue weighted by atomic mass is 10.0. The number of hydrogen-bond acceptors (Lipinski definition) is 5. The van der Waals surface area contributed by atoms with Gasteiger partial charge >= 0.3 is 0 Å². The Kier molecular flexibility index (Phi) is 9.03. The number of carbonyl (C=O) groups is 2. The Balaban J connectivity index is 1.57. The molecule has 0 atom stereocenters. The Labute approximate surface area is 264 Å². The molecule has 42 heavy (non-hydrogen) atoms. The summed E-state index contributed by atoms with van der Waals surface area (Å²) >= 11 is 7.95. The van der Waals surface area contributed by atoms with Crippen molar-refractivity contribution in [3.63, 3.8) is 0 Å². The molecule has 0 radical (unpaired) electrons. The average Bonchev–Trinajstić information content (AvgIpc) is 2.97. The van der Waals surface area contributed by atoms with Crippen LogP contribution < -0.4 is 19.3 Å². The molecule has 6 nitrogen and oxygen atoms in total. The molecule has 0 aromatic heterocycles. The molecule has 0 N–H and O–H groups in total. The topological polar surface area (TPSA) is 59.1 Å². The first-order chi connectivity index (χ1) is 20.3. The highest BCUT2D eigenvalue weighted by Crippen LogP contribution is 2.37. The van der Waals surface area contributed by atoms with Crippen LogP contribution in [0.25, 0.3) is 6.08 Å². The lowest BCUT2D eigenvalue weighted by Gasteiger charge is -2.36. The highest BCUT2D eigenvalue weighted by molar-refractivity contribution is 14.1. The van der Waals surface area contributed by atoms with Crippen LogP contribution in [0.2, 0.25) is 0 Å². The van der Waals surface area contributed by atoms with E-state index in [0.29, 0.717) is 41.7 Å². The van der Waals surface area contributed by atoms with Gasteiger partial charge in [-0.2, -0.15) is 0 Å².